The van der Waals surface area contributed by atoms with Crippen LogP contribution >= 0.6 is 0 Å². The summed E-state index contributed by atoms with van der Waals surface area (Å²) in [7, 11) is 0. The summed E-state index contributed by atoms with van der Waals surface area (Å²) >= 11 is 0. The van der Waals surface area contributed by atoms with Gasteiger partial charge in [0.15, 0.2) is 0 Å². The molecule has 5 heteroatoms. The maximum atomic E-state index is 12.4. The molecule has 0 aromatic rings. The third-order valence-electron chi connectivity index (χ3n) is 3.42. The van der Waals surface area contributed by atoms with Crippen LogP contribution in [0.3, 0.4) is 0 Å². The third-order valence-corrected chi connectivity index (χ3v) is 3.42. The lowest BCUT2D eigenvalue weighted by Crippen LogP contribution is -2.49. The second-order valence-electron chi connectivity index (χ2n) is 5.21. The summed E-state index contributed by atoms with van der Waals surface area (Å²) in [6, 6.07) is 0.0590. The average molecular weight is 258 g/mol. The van der Waals surface area contributed by atoms with Crippen molar-refractivity contribution in [1.82, 2.24) is 4.90 Å². The van der Waals surface area contributed by atoms with Crippen LogP contribution in [-0.4, -0.2) is 41.0 Å². The first-order chi connectivity index (χ1) is 8.28. The zero-order chi connectivity index (χ0) is 14.3. The first kappa shape index (κ1) is 16.9. The molecule has 0 saturated heterocycles. The molecule has 0 aromatic carbocycles. The molecule has 0 aliphatic carbocycles. The average Bonchev–Trinajstić information content (AvgIpc) is 2.32. The third kappa shape index (κ3) is 4.64. The number of aliphatic carboxylic acids is 1. The van der Waals surface area contributed by atoms with Crippen LogP contribution in [0.15, 0.2) is 0 Å². The van der Waals surface area contributed by atoms with E-state index in [1.165, 1.54) is 0 Å². The van der Waals surface area contributed by atoms with Crippen LogP contribution in [0, 0.1) is 5.41 Å². The van der Waals surface area contributed by atoms with E-state index in [-0.39, 0.29) is 18.4 Å². The summed E-state index contributed by atoms with van der Waals surface area (Å²) in [6.07, 6.45) is 1.25. The number of rotatable bonds is 8. The Balaban J connectivity index is 4.69. The van der Waals surface area contributed by atoms with Crippen LogP contribution in [-0.2, 0) is 9.59 Å². The van der Waals surface area contributed by atoms with Crippen LogP contribution < -0.4 is 5.73 Å². The van der Waals surface area contributed by atoms with Gasteiger partial charge in [0.05, 0.1) is 5.41 Å². The SMILES string of the molecule is CCC(C)(CN)C(=O)N(CCCC(=O)O)C(C)C. The normalized spacial score (nSPS) is 14.3. The predicted molar refractivity (Wildman–Crippen MR) is 71.2 cm³/mol. The fourth-order valence-electron chi connectivity index (χ4n) is 1.72. The van der Waals surface area contributed by atoms with E-state index in [4.69, 9.17) is 10.8 Å². The van der Waals surface area contributed by atoms with Crippen LogP contribution in [0.5, 0.6) is 0 Å². The van der Waals surface area contributed by atoms with Gasteiger partial charge in [-0.3, -0.25) is 9.59 Å². The number of amides is 1. The maximum absolute atomic E-state index is 12.4. The molecule has 18 heavy (non-hydrogen) atoms. The molecular weight excluding hydrogens is 232 g/mol. The van der Waals surface area contributed by atoms with Crippen LogP contribution in [0.4, 0.5) is 0 Å². The maximum Gasteiger partial charge on any atom is 0.303 e. The van der Waals surface area contributed by atoms with Crippen molar-refractivity contribution in [2.24, 2.45) is 11.1 Å². The Hall–Kier alpha value is -1.10. The van der Waals surface area contributed by atoms with Gasteiger partial charge in [-0.25, -0.2) is 0 Å². The minimum atomic E-state index is -0.830. The van der Waals surface area contributed by atoms with Crippen molar-refractivity contribution >= 4 is 11.9 Å². The molecule has 0 heterocycles. The van der Waals surface area contributed by atoms with Gasteiger partial charge < -0.3 is 15.7 Å². The summed E-state index contributed by atoms with van der Waals surface area (Å²) in [5, 5.41) is 8.63. The minimum absolute atomic E-state index is 0.0212. The lowest BCUT2D eigenvalue weighted by atomic mass is 9.85. The standard InChI is InChI=1S/C13H26N2O3/c1-5-13(4,9-14)12(18)15(10(2)3)8-6-7-11(16)17/h10H,5-9,14H2,1-4H3,(H,16,17). The minimum Gasteiger partial charge on any atom is -0.481 e. The second-order valence-corrected chi connectivity index (χ2v) is 5.21. The zero-order valence-corrected chi connectivity index (χ0v) is 11.9. The fraction of sp³-hybridized carbons (Fsp3) is 0.846. The Kier molecular flexibility index (Phi) is 6.91. The van der Waals surface area contributed by atoms with E-state index in [0.717, 1.165) is 0 Å². The van der Waals surface area contributed by atoms with Gasteiger partial charge in [-0.1, -0.05) is 6.92 Å². The van der Waals surface area contributed by atoms with Crippen LogP contribution in [0.2, 0.25) is 0 Å². The first-order valence-electron chi connectivity index (χ1n) is 6.51. The highest BCUT2D eigenvalue weighted by Crippen LogP contribution is 2.24. The van der Waals surface area contributed by atoms with Crippen molar-refractivity contribution in [3.05, 3.63) is 0 Å². The van der Waals surface area contributed by atoms with E-state index in [1.807, 2.05) is 27.7 Å². The molecule has 106 valence electrons. The Bertz CT molecular complexity index is 286. The Morgan fingerprint density at radius 2 is 1.94 bits per heavy atom. The van der Waals surface area contributed by atoms with Gasteiger partial charge in [-0.15, -0.1) is 0 Å². The highest BCUT2D eigenvalue weighted by Gasteiger charge is 2.34. The molecule has 5 nitrogen and oxygen atoms in total. The van der Waals surface area contributed by atoms with Crippen molar-refractivity contribution in [2.75, 3.05) is 13.1 Å². The monoisotopic (exact) mass is 258 g/mol. The number of carboxylic acids is 1. The second kappa shape index (κ2) is 7.36. The van der Waals surface area contributed by atoms with Gasteiger partial charge in [-0.05, 0) is 33.6 Å². The quantitative estimate of drug-likeness (QED) is 0.690. The number of carbonyl (C=O) groups excluding carboxylic acids is 1. The summed E-state index contributed by atoms with van der Waals surface area (Å²) in [4.78, 5) is 24.7. The summed E-state index contributed by atoms with van der Waals surface area (Å²) in [5.41, 5.74) is 5.14. The zero-order valence-electron chi connectivity index (χ0n) is 11.9. The Labute approximate surface area is 109 Å². The molecule has 0 aliphatic heterocycles. The molecule has 1 amide bonds. The molecule has 1 atom stereocenters. The molecular formula is C13H26N2O3. The largest absolute Gasteiger partial charge is 0.481 e. The van der Waals surface area contributed by atoms with Crippen molar-refractivity contribution < 1.29 is 14.7 Å². The lowest BCUT2D eigenvalue weighted by molar-refractivity contribution is -0.144. The molecule has 0 rings (SSSR count). The van der Waals surface area contributed by atoms with Gasteiger partial charge >= 0.3 is 5.97 Å². The van der Waals surface area contributed by atoms with Crippen LogP contribution in [0.1, 0.15) is 47.0 Å². The molecule has 0 fully saturated rings. The molecule has 0 aliphatic rings. The van der Waals surface area contributed by atoms with E-state index in [9.17, 15) is 9.59 Å². The number of hydrogen-bond donors (Lipinski definition) is 2. The number of carbonyl (C=O) groups is 2. The summed E-state index contributed by atoms with van der Waals surface area (Å²) in [6.45, 7) is 8.46. The van der Waals surface area contributed by atoms with Crippen molar-refractivity contribution in [2.45, 2.75) is 53.0 Å². The summed E-state index contributed by atoms with van der Waals surface area (Å²) < 4.78 is 0. The van der Waals surface area contributed by atoms with Gasteiger partial charge in [-0.2, -0.15) is 0 Å². The molecule has 3 N–H and O–H groups in total. The molecule has 0 saturated carbocycles. The molecule has 0 radical (unpaired) electrons. The first-order valence-corrected chi connectivity index (χ1v) is 6.51. The number of nitrogens with zero attached hydrogens (tertiary/aromatic N) is 1. The lowest BCUT2D eigenvalue weighted by Gasteiger charge is -2.35. The Morgan fingerprint density at radius 1 is 1.39 bits per heavy atom. The topological polar surface area (TPSA) is 83.6 Å². The number of carboxylic acid groups (broad SMARTS) is 1. The van der Waals surface area contributed by atoms with E-state index >= 15 is 0 Å². The molecule has 0 spiro atoms. The van der Waals surface area contributed by atoms with Crippen molar-refractivity contribution in [1.29, 1.82) is 0 Å². The van der Waals surface area contributed by atoms with E-state index in [2.05, 4.69) is 0 Å². The van der Waals surface area contributed by atoms with E-state index < -0.39 is 11.4 Å². The van der Waals surface area contributed by atoms with Gasteiger partial charge in [0, 0.05) is 25.6 Å². The van der Waals surface area contributed by atoms with Crippen LogP contribution in [0.25, 0.3) is 0 Å². The van der Waals surface area contributed by atoms with Gasteiger partial charge in [0.2, 0.25) is 5.91 Å². The van der Waals surface area contributed by atoms with Gasteiger partial charge in [0.1, 0.15) is 0 Å². The number of nitrogens with two attached hydrogens (primary N) is 1. The highest BCUT2D eigenvalue weighted by atomic mass is 16.4. The van der Waals surface area contributed by atoms with E-state index in [0.29, 0.717) is 25.9 Å². The molecule has 0 bridgehead atoms. The molecule has 0 aromatic heterocycles. The smallest absolute Gasteiger partial charge is 0.303 e. The number of hydrogen-bond acceptors (Lipinski definition) is 3. The fourth-order valence-corrected chi connectivity index (χ4v) is 1.72. The summed E-state index contributed by atoms with van der Waals surface area (Å²) in [5.74, 6) is -0.809. The predicted octanol–water partition coefficient (Wildman–Crippen LogP) is 1.46. The van der Waals surface area contributed by atoms with Gasteiger partial charge in [0.25, 0.3) is 0 Å². The Morgan fingerprint density at radius 3 is 2.28 bits per heavy atom. The molecule has 1 unspecified atom stereocenters. The van der Waals surface area contributed by atoms with Crippen molar-refractivity contribution in [3.63, 3.8) is 0 Å². The van der Waals surface area contributed by atoms with Crippen molar-refractivity contribution in [3.8, 4) is 0 Å². The van der Waals surface area contributed by atoms with E-state index in [1.54, 1.807) is 4.90 Å². The highest BCUT2D eigenvalue weighted by molar-refractivity contribution is 5.82.